The maximum absolute atomic E-state index is 12.0. The third-order valence-electron chi connectivity index (χ3n) is 3.88. The zero-order chi connectivity index (χ0) is 19.9. The molecular formula is C19H23ClN2O4S. The molecule has 27 heavy (non-hydrogen) atoms. The highest BCUT2D eigenvalue weighted by atomic mass is 35.5. The van der Waals surface area contributed by atoms with Gasteiger partial charge in [0.15, 0.2) is 0 Å². The number of benzene rings is 1. The van der Waals surface area contributed by atoms with Gasteiger partial charge in [-0.25, -0.2) is 13.2 Å². The lowest BCUT2D eigenvalue weighted by atomic mass is 10.1. The van der Waals surface area contributed by atoms with Gasteiger partial charge in [-0.2, -0.15) is 0 Å². The summed E-state index contributed by atoms with van der Waals surface area (Å²) < 4.78 is 31.7. The van der Waals surface area contributed by atoms with Gasteiger partial charge in [0.25, 0.3) is 0 Å². The molecule has 2 rings (SSSR count). The minimum absolute atomic E-state index is 0.0974. The molecule has 0 amide bonds. The van der Waals surface area contributed by atoms with Gasteiger partial charge in [-0.3, -0.25) is 9.71 Å². The standard InChI is InChI=1S/C19H23ClN2O4S/c1-14-8-9-16(13-17(14)20)19(23)26-11-6-10-21-18-15(2)7-4-3-5-12-27(24,25)22-18/h3-5,7-9,13,15H,6,10-12H2,1-2H3,(H,21,22)/b5-3-,7-4-. The quantitative estimate of drug-likeness (QED) is 0.596. The van der Waals surface area contributed by atoms with Crippen molar-refractivity contribution in [3.63, 3.8) is 0 Å². The van der Waals surface area contributed by atoms with E-state index < -0.39 is 16.0 Å². The largest absolute Gasteiger partial charge is 0.462 e. The second-order valence-electron chi connectivity index (χ2n) is 6.21. The number of halogens is 1. The summed E-state index contributed by atoms with van der Waals surface area (Å²) >= 11 is 6.01. The molecule has 0 aromatic heterocycles. The number of hydrogen-bond donors (Lipinski definition) is 1. The third-order valence-corrected chi connectivity index (χ3v) is 5.44. The van der Waals surface area contributed by atoms with E-state index in [0.29, 0.717) is 29.4 Å². The molecule has 0 radical (unpaired) electrons. The predicted molar refractivity (Wildman–Crippen MR) is 108 cm³/mol. The molecule has 1 aliphatic heterocycles. The summed E-state index contributed by atoms with van der Waals surface area (Å²) in [7, 11) is -3.45. The van der Waals surface area contributed by atoms with Gasteiger partial charge in [0, 0.05) is 23.9 Å². The van der Waals surface area contributed by atoms with Crippen molar-refractivity contribution in [1.29, 1.82) is 0 Å². The van der Waals surface area contributed by atoms with E-state index in [9.17, 15) is 13.2 Å². The molecular weight excluding hydrogens is 388 g/mol. The molecule has 146 valence electrons. The SMILES string of the molecule is Cc1ccc(C(=O)OCCCN=C2NS(=O)(=O)C/C=C\C=C/C2C)cc1Cl. The molecule has 0 spiro atoms. The fourth-order valence-corrected chi connectivity index (χ4v) is 3.48. The molecule has 6 nitrogen and oxygen atoms in total. The Bertz CT molecular complexity index is 876. The molecule has 1 N–H and O–H groups in total. The van der Waals surface area contributed by atoms with E-state index in [1.165, 1.54) is 0 Å². The van der Waals surface area contributed by atoms with Crippen LogP contribution in [0.1, 0.15) is 29.3 Å². The summed E-state index contributed by atoms with van der Waals surface area (Å²) in [6.45, 7) is 4.23. The van der Waals surface area contributed by atoms with Crippen LogP contribution in [-0.4, -0.2) is 39.1 Å². The number of ether oxygens (including phenoxy) is 1. The van der Waals surface area contributed by atoms with Crippen LogP contribution in [0.4, 0.5) is 0 Å². The zero-order valence-corrected chi connectivity index (χ0v) is 16.9. The Hall–Kier alpha value is -2.12. The maximum atomic E-state index is 12.0. The van der Waals surface area contributed by atoms with Crippen LogP contribution in [0.3, 0.4) is 0 Å². The second kappa shape index (κ2) is 9.71. The average molecular weight is 411 g/mol. The minimum Gasteiger partial charge on any atom is -0.462 e. The number of aryl methyl sites for hydroxylation is 1. The number of allylic oxidation sites excluding steroid dienone is 2. The van der Waals surface area contributed by atoms with E-state index in [0.717, 1.165) is 5.56 Å². The fourth-order valence-electron chi connectivity index (χ4n) is 2.29. The first-order valence-electron chi connectivity index (χ1n) is 8.60. The first kappa shape index (κ1) is 21.2. The molecule has 1 heterocycles. The fraction of sp³-hybridized carbons (Fsp3) is 0.368. The van der Waals surface area contributed by atoms with Gasteiger partial charge in [0.1, 0.15) is 5.84 Å². The van der Waals surface area contributed by atoms with E-state index in [-0.39, 0.29) is 18.3 Å². The number of carbonyl (C=O) groups excluding carboxylic acids is 1. The van der Waals surface area contributed by atoms with Crippen LogP contribution in [-0.2, 0) is 14.8 Å². The van der Waals surface area contributed by atoms with Gasteiger partial charge in [0.05, 0.1) is 17.9 Å². The number of amidine groups is 1. The molecule has 1 aromatic carbocycles. The highest BCUT2D eigenvalue weighted by Gasteiger charge is 2.16. The lowest BCUT2D eigenvalue weighted by Gasteiger charge is -2.13. The molecule has 1 atom stereocenters. The van der Waals surface area contributed by atoms with Crippen LogP contribution in [0, 0.1) is 12.8 Å². The summed E-state index contributed by atoms with van der Waals surface area (Å²) in [5, 5.41) is 0.514. The van der Waals surface area contributed by atoms with Crippen molar-refractivity contribution in [2.75, 3.05) is 18.9 Å². The lowest BCUT2D eigenvalue weighted by molar-refractivity contribution is 0.0503. The van der Waals surface area contributed by atoms with Crippen LogP contribution in [0.25, 0.3) is 0 Å². The van der Waals surface area contributed by atoms with Gasteiger partial charge in [-0.15, -0.1) is 0 Å². The summed E-state index contributed by atoms with van der Waals surface area (Å²) in [6.07, 6.45) is 7.42. The minimum atomic E-state index is -3.45. The normalized spacial score (nSPS) is 22.8. The Morgan fingerprint density at radius 1 is 1.37 bits per heavy atom. The molecule has 0 aliphatic carbocycles. The van der Waals surface area contributed by atoms with Gasteiger partial charge >= 0.3 is 5.97 Å². The molecule has 0 fully saturated rings. The summed E-state index contributed by atoms with van der Waals surface area (Å²) in [4.78, 5) is 16.3. The Balaban J connectivity index is 1.88. The topological polar surface area (TPSA) is 84.8 Å². The van der Waals surface area contributed by atoms with Crippen LogP contribution in [0.5, 0.6) is 0 Å². The van der Waals surface area contributed by atoms with Crippen molar-refractivity contribution >= 4 is 33.4 Å². The Morgan fingerprint density at radius 2 is 2.15 bits per heavy atom. The molecule has 0 saturated heterocycles. The van der Waals surface area contributed by atoms with E-state index >= 15 is 0 Å². The predicted octanol–water partition coefficient (Wildman–Crippen LogP) is 3.28. The van der Waals surface area contributed by atoms with Crippen molar-refractivity contribution in [1.82, 2.24) is 4.72 Å². The first-order chi connectivity index (χ1) is 12.8. The molecule has 1 aliphatic rings. The highest BCUT2D eigenvalue weighted by molar-refractivity contribution is 7.90. The summed E-state index contributed by atoms with van der Waals surface area (Å²) in [5.41, 5.74) is 1.28. The number of hydrogen-bond acceptors (Lipinski definition) is 5. The Labute approximate surface area is 165 Å². The first-order valence-corrected chi connectivity index (χ1v) is 10.6. The number of nitrogens with zero attached hydrogens (tertiary/aromatic N) is 1. The molecule has 0 saturated carbocycles. The monoisotopic (exact) mass is 410 g/mol. The molecule has 8 heteroatoms. The summed E-state index contributed by atoms with van der Waals surface area (Å²) in [5.74, 6) is -0.332. The van der Waals surface area contributed by atoms with Gasteiger partial charge in [0.2, 0.25) is 10.0 Å². The molecule has 1 unspecified atom stereocenters. The van der Waals surface area contributed by atoms with Gasteiger partial charge < -0.3 is 4.74 Å². The van der Waals surface area contributed by atoms with E-state index in [4.69, 9.17) is 16.3 Å². The van der Waals surface area contributed by atoms with Crippen molar-refractivity contribution < 1.29 is 17.9 Å². The van der Waals surface area contributed by atoms with Crippen molar-refractivity contribution in [3.05, 3.63) is 58.7 Å². The maximum Gasteiger partial charge on any atom is 0.338 e. The van der Waals surface area contributed by atoms with Crippen LogP contribution in [0.2, 0.25) is 5.02 Å². The number of sulfonamides is 1. The zero-order valence-electron chi connectivity index (χ0n) is 15.3. The van der Waals surface area contributed by atoms with Crippen molar-refractivity contribution in [3.8, 4) is 0 Å². The second-order valence-corrected chi connectivity index (χ2v) is 8.38. The van der Waals surface area contributed by atoms with E-state index in [1.807, 2.05) is 19.9 Å². The highest BCUT2D eigenvalue weighted by Crippen LogP contribution is 2.17. The lowest BCUT2D eigenvalue weighted by Crippen LogP contribution is -2.35. The van der Waals surface area contributed by atoms with Crippen molar-refractivity contribution in [2.45, 2.75) is 20.3 Å². The number of carbonyl (C=O) groups is 1. The number of nitrogens with one attached hydrogen (secondary N) is 1. The van der Waals surface area contributed by atoms with Crippen LogP contribution >= 0.6 is 11.6 Å². The average Bonchev–Trinajstić information content (AvgIpc) is 2.67. The molecule has 1 aromatic rings. The van der Waals surface area contributed by atoms with E-state index in [2.05, 4.69) is 9.71 Å². The number of rotatable bonds is 5. The third kappa shape index (κ3) is 6.84. The van der Waals surface area contributed by atoms with Crippen molar-refractivity contribution in [2.24, 2.45) is 10.9 Å². The number of aliphatic imine (C=N–C) groups is 1. The van der Waals surface area contributed by atoms with Crippen LogP contribution < -0.4 is 4.72 Å². The van der Waals surface area contributed by atoms with E-state index in [1.54, 1.807) is 36.4 Å². The van der Waals surface area contributed by atoms with Gasteiger partial charge in [-0.05, 0) is 24.6 Å². The van der Waals surface area contributed by atoms with Crippen LogP contribution in [0.15, 0.2) is 47.5 Å². The van der Waals surface area contributed by atoms with Gasteiger partial charge in [-0.1, -0.05) is 48.9 Å². The molecule has 0 bridgehead atoms. The summed E-state index contributed by atoms with van der Waals surface area (Å²) in [6, 6.07) is 5.00. The Kier molecular flexibility index (Phi) is 7.62. The smallest absolute Gasteiger partial charge is 0.338 e. The number of esters is 1. The Morgan fingerprint density at radius 3 is 2.89 bits per heavy atom.